The average Bonchev–Trinajstić information content (AvgIpc) is 2.48. The first-order valence-electron chi connectivity index (χ1n) is 4.87. The number of aromatic nitrogens is 1. The summed E-state index contributed by atoms with van der Waals surface area (Å²) < 4.78 is 10.5. The van der Waals surface area contributed by atoms with Crippen LogP contribution < -0.4 is 0 Å². The molecule has 0 aliphatic heterocycles. The van der Waals surface area contributed by atoms with Gasteiger partial charge in [-0.1, -0.05) is 19.0 Å². The van der Waals surface area contributed by atoms with E-state index in [0.29, 0.717) is 22.8 Å². The Bertz CT molecular complexity index is 346. The molecule has 0 saturated heterocycles. The number of esters is 1. The molecule has 15 heavy (non-hydrogen) atoms. The van der Waals surface area contributed by atoms with Gasteiger partial charge in [0.1, 0.15) is 0 Å². The molecule has 0 N–H and O–H groups in total. The van der Waals surface area contributed by atoms with E-state index in [9.17, 15) is 4.79 Å². The summed E-state index contributed by atoms with van der Waals surface area (Å²) in [5.41, 5.74) is 0.215. The van der Waals surface area contributed by atoms with Crippen molar-refractivity contribution in [1.82, 2.24) is 5.16 Å². The quantitative estimate of drug-likeness (QED) is 0.793. The number of carbonyl (C=O) groups is 1. The Hall–Kier alpha value is -0.840. The zero-order valence-electron chi connectivity index (χ0n) is 9.04. The van der Waals surface area contributed by atoms with Gasteiger partial charge in [-0.25, -0.2) is 4.79 Å². The zero-order chi connectivity index (χ0) is 11.4. The van der Waals surface area contributed by atoms with Gasteiger partial charge in [0.25, 0.3) is 0 Å². The molecule has 0 atom stereocenters. The van der Waals surface area contributed by atoms with Crippen molar-refractivity contribution in [2.75, 3.05) is 6.61 Å². The lowest BCUT2D eigenvalue weighted by Crippen LogP contribution is -2.05. The van der Waals surface area contributed by atoms with Gasteiger partial charge in [0, 0.05) is 6.42 Å². The van der Waals surface area contributed by atoms with Gasteiger partial charge in [-0.05, 0) is 28.8 Å². The molecule has 0 spiro atoms. The van der Waals surface area contributed by atoms with Crippen LogP contribution in [-0.4, -0.2) is 17.7 Å². The highest BCUT2D eigenvalue weighted by molar-refractivity contribution is 9.10. The van der Waals surface area contributed by atoms with Crippen molar-refractivity contribution in [3.63, 3.8) is 0 Å². The van der Waals surface area contributed by atoms with Gasteiger partial charge in [-0.2, -0.15) is 0 Å². The van der Waals surface area contributed by atoms with Gasteiger partial charge in [-0.3, -0.25) is 0 Å². The number of ether oxygens (including phenoxy) is 1. The van der Waals surface area contributed by atoms with Crippen LogP contribution in [0, 0.1) is 5.92 Å². The maximum Gasteiger partial charge on any atom is 0.361 e. The summed E-state index contributed by atoms with van der Waals surface area (Å²) in [6.07, 6.45) is 0.743. The van der Waals surface area contributed by atoms with Crippen molar-refractivity contribution >= 4 is 21.9 Å². The molecule has 0 aromatic carbocycles. The highest BCUT2D eigenvalue weighted by Crippen LogP contribution is 2.24. The van der Waals surface area contributed by atoms with Crippen molar-refractivity contribution in [1.29, 1.82) is 0 Å². The third-order valence-electron chi connectivity index (χ3n) is 1.76. The van der Waals surface area contributed by atoms with E-state index < -0.39 is 5.97 Å². The molecule has 0 aliphatic rings. The second-order valence-corrected chi connectivity index (χ2v) is 4.38. The monoisotopic (exact) mass is 275 g/mol. The van der Waals surface area contributed by atoms with E-state index in [4.69, 9.17) is 9.26 Å². The van der Waals surface area contributed by atoms with E-state index in [0.717, 1.165) is 6.42 Å². The van der Waals surface area contributed by atoms with Crippen LogP contribution in [0.15, 0.2) is 9.00 Å². The minimum atomic E-state index is -0.455. The van der Waals surface area contributed by atoms with E-state index >= 15 is 0 Å². The second kappa shape index (κ2) is 5.30. The summed E-state index contributed by atoms with van der Waals surface area (Å²) in [5, 5.41) is 3.69. The fourth-order valence-electron chi connectivity index (χ4n) is 1.14. The van der Waals surface area contributed by atoms with Crippen molar-refractivity contribution in [2.24, 2.45) is 5.92 Å². The van der Waals surface area contributed by atoms with Crippen LogP contribution in [0.3, 0.4) is 0 Å². The Labute approximate surface area is 97.1 Å². The van der Waals surface area contributed by atoms with Crippen molar-refractivity contribution in [3.05, 3.63) is 15.9 Å². The lowest BCUT2D eigenvalue weighted by molar-refractivity contribution is 0.0513. The molecule has 5 heteroatoms. The van der Waals surface area contributed by atoms with Crippen LogP contribution in [0.4, 0.5) is 0 Å². The van der Waals surface area contributed by atoms with Gasteiger partial charge >= 0.3 is 5.97 Å². The third kappa shape index (κ3) is 3.06. The van der Waals surface area contributed by atoms with E-state index in [-0.39, 0.29) is 5.69 Å². The normalized spacial score (nSPS) is 10.7. The summed E-state index contributed by atoms with van der Waals surface area (Å²) in [5.74, 6) is 0.681. The summed E-state index contributed by atoms with van der Waals surface area (Å²) in [7, 11) is 0. The molecular weight excluding hydrogens is 262 g/mol. The molecule has 0 saturated carbocycles. The average molecular weight is 276 g/mol. The van der Waals surface area contributed by atoms with Crippen LogP contribution in [0.1, 0.15) is 37.0 Å². The van der Waals surface area contributed by atoms with Crippen LogP contribution in [0.5, 0.6) is 0 Å². The number of rotatable bonds is 4. The smallest absolute Gasteiger partial charge is 0.361 e. The Morgan fingerprint density at radius 2 is 2.27 bits per heavy atom. The second-order valence-electron chi connectivity index (χ2n) is 3.59. The van der Waals surface area contributed by atoms with E-state index in [1.807, 2.05) is 0 Å². The predicted octanol–water partition coefficient (Wildman–Crippen LogP) is 2.81. The Balaban J connectivity index is 2.84. The number of halogens is 1. The van der Waals surface area contributed by atoms with Crippen LogP contribution >= 0.6 is 15.9 Å². The fraction of sp³-hybridized carbons (Fsp3) is 0.600. The molecule has 1 aromatic heterocycles. The molecule has 0 radical (unpaired) electrons. The van der Waals surface area contributed by atoms with Gasteiger partial charge < -0.3 is 9.26 Å². The maximum absolute atomic E-state index is 11.4. The van der Waals surface area contributed by atoms with Crippen molar-refractivity contribution in [3.8, 4) is 0 Å². The van der Waals surface area contributed by atoms with Crippen LogP contribution in [-0.2, 0) is 11.2 Å². The molecule has 0 amide bonds. The van der Waals surface area contributed by atoms with Crippen LogP contribution in [0.25, 0.3) is 0 Å². The molecule has 84 valence electrons. The molecule has 0 fully saturated rings. The molecule has 0 bridgehead atoms. The predicted molar refractivity (Wildman–Crippen MR) is 58.7 cm³/mol. The van der Waals surface area contributed by atoms with Gasteiger partial charge in [0.15, 0.2) is 5.76 Å². The Morgan fingerprint density at radius 3 is 2.80 bits per heavy atom. The first kappa shape index (κ1) is 12.2. The summed E-state index contributed by atoms with van der Waals surface area (Å²) in [6, 6.07) is 0. The number of carbonyl (C=O) groups excluding carboxylic acids is 1. The Morgan fingerprint density at radius 1 is 1.60 bits per heavy atom. The largest absolute Gasteiger partial charge is 0.461 e. The lowest BCUT2D eigenvalue weighted by atomic mass is 10.1. The van der Waals surface area contributed by atoms with Gasteiger partial charge in [0.05, 0.1) is 11.1 Å². The molecule has 1 aromatic rings. The standard InChI is InChI=1S/C10H14BrNO3/c1-4-14-10(13)9-8(11)7(15-12-9)5-6(2)3/h6H,4-5H2,1-3H3. The molecular formula is C10H14BrNO3. The molecule has 0 aliphatic carbocycles. The molecule has 0 unspecified atom stereocenters. The Kier molecular flexibility index (Phi) is 4.32. The van der Waals surface area contributed by atoms with Crippen LogP contribution in [0.2, 0.25) is 0 Å². The fourth-order valence-corrected chi connectivity index (χ4v) is 1.61. The zero-order valence-corrected chi connectivity index (χ0v) is 10.6. The summed E-state index contributed by atoms with van der Waals surface area (Å²) in [6.45, 7) is 6.22. The first-order chi connectivity index (χ1) is 7.06. The van der Waals surface area contributed by atoms with Gasteiger partial charge in [-0.15, -0.1) is 0 Å². The topological polar surface area (TPSA) is 52.3 Å². The third-order valence-corrected chi connectivity index (χ3v) is 2.58. The SMILES string of the molecule is CCOC(=O)c1noc(CC(C)C)c1Br. The summed E-state index contributed by atoms with van der Waals surface area (Å²) in [4.78, 5) is 11.4. The van der Waals surface area contributed by atoms with E-state index in [1.165, 1.54) is 0 Å². The van der Waals surface area contributed by atoms with Crippen molar-refractivity contribution in [2.45, 2.75) is 27.2 Å². The molecule has 1 rings (SSSR count). The first-order valence-corrected chi connectivity index (χ1v) is 5.66. The number of hydrogen-bond donors (Lipinski definition) is 0. The molecule has 4 nitrogen and oxygen atoms in total. The number of hydrogen-bond acceptors (Lipinski definition) is 4. The minimum absolute atomic E-state index is 0.215. The maximum atomic E-state index is 11.4. The highest BCUT2D eigenvalue weighted by atomic mass is 79.9. The lowest BCUT2D eigenvalue weighted by Gasteiger charge is -2.00. The minimum Gasteiger partial charge on any atom is -0.461 e. The highest BCUT2D eigenvalue weighted by Gasteiger charge is 2.21. The van der Waals surface area contributed by atoms with Gasteiger partial charge in [0.2, 0.25) is 5.69 Å². The van der Waals surface area contributed by atoms with E-state index in [2.05, 4.69) is 34.9 Å². The molecule has 1 heterocycles. The van der Waals surface area contributed by atoms with E-state index in [1.54, 1.807) is 6.92 Å². The summed E-state index contributed by atoms with van der Waals surface area (Å²) >= 11 is 3.29. The number of nitrogens with zero attached hydrogens (tertiary/aromatic N) is 1. The van der Waals surface area contributed by atoms with Crippen molar-refractivity contribution < 1.29 is 14.1 Å².